The van der Waals surface area contributed by atoms with Gasteiger partial charge in [0, 0.05) is 19.6 Å². The first-order valence-electron chi connectivity index (χ1n) is 7.11. The van der Waals surface area contributed by atoms with E-state index < -0.39 is 10.0 Å². The fraction of sp³-hybridized carbons (Fsp3) is 0.500. The first-order chi connectivity index (χ1) is 10.1. The monoisotopic (exact) mass is 312 g/mol. The summed E-state index contributed by atoms with van der Waals surface area (Å²) in [6.45, 7) is 5.75. The van der Waals surface area contributed by atoms with Crippen LogP contribution in [-0.2, 0) is 16.6 Å². The minimum atomic E-state index is -3.14. The van der Waals surface area contributed by atoms with Crippen molar-refractivity contribution in [3.8, 4) is 0 Å². The quantitative estimate of drug-likeness (QED) is 0.374. The predicted octanol–water partition coefficient (Wildman–Crippen LogP) is 0.681. The predicted molar refractivity (Wildman–Crippen MR) is 86.7 cm³/mol. The van der Waals surface area contributed by atoms with Crippen LogP contribution in [0.1, 0.15) is 19.4 Å². The van der Waals surface area contributed by atoms with Crippen molar-refractivity contribution in [1.29, 1.82) is 0 Å². The molecule has 0 spiro atoms. The van der Waals surface area contributed by atoms with Crippen LogP contribution in [0.25, 0.3) is 0 Å². The summed E-state index contributed by atoms with van der Waals surface area (Å²) in [7, 11) is -3.14. The summed E-state index contributed by atoms with van der Waals surface area (Å²) < 4.78 is 25.1. The fourth-order valence-corrected chi connectivity index (χ4v) is 2.20. The lowest BCUT2D eigenvalue weighted by Gasteiger charge is -2.11. The number of benzene rings is 1. The van der Waals surface area contributed by atoms with Crippen LogP contribution >= 0.6 is 0 Å². The molecule has 0 aliphatic rings. The Kier molecular flexibility index (Phi) is 7.78. The molecule has 3 N–H and O–H groups in total. The maximum atomic E-state index is 11.3. The molecule has 0 saturated heterocycles. The van der Waals surface area contributed by atoms with Gasteiger partial charge in [-0.25, -0.2) is 18.1 Å². The third-order valence-corrected chi connectivity index (χ3v) is 4.13. The Balaban J connectivity index is 2.42. The van der Waals surface area contributed by atoms with Gasteiger partial charge in [0.05, 0.1) is 12.3 Å². The van der Waals surface area contributed by atoms with Gasteiger partial charge in [0.25, 0.3) is 0 Å². The highest BCUT2D eigenvalue weighted by atomic mass is 32.2. The average Bonchev–Trinajstić information content (AvgIpc) is 2.50. The third-order valence-electron chi connectivity index (χ3n) is 2.73. The van der Waals surface area contributed by atoms with E-state index in [9.17, 15) is 8.42 Å². The summed E-state index contributed by atoms with van der Waals surface area (Å²) in [6, 6.07) is 9.96. The van der Waals surface area contributed by atoms with Gasteiger partial charge in [-0.15, -0.1) is 0 Å². The first-order valence-corrected chi connectivity index (χ1v) is 8.76. The minimum absolute atomic E-state index is 0.0924. The minimum Gasteiger partial charge on any atom is -0.357 e. The van der Waals surface area contributed by atoms with Crippen molar-refractivity contribution >= 4 is 16.0 Å². The highest BCUT2D eigenvalue weighted by Crippen LogP contribution is 1.99. The standard InChI is InChI=1S/C14H24N4O2S/c1-3-15-14(16-10-11-18-21(19,20)4-2)17-12-13-8-6-5-7-9-13/h5-9,18H,3-4,10-12H2,1-2H3,(H2,15,16,17). The largest absolute Gasteiger partial charge is 0.357 e. The second kappa shape index (κ2) is 9.36. The van der Waals surface area contributed by atoms with E-state index in [1.807, 2.05) is 37.3 Å². The number of nitrogens with zero attached hydrogens (tertiary/aromatic N) is 1. The van der Waals surface area contributed by atoms with Crippen LogP contribution in [0.5, 0.6) is 0 Å². The van der Waals surface area contributed by atoms with Gasteiger partial charge < -0.3 is 10.6 Å². The molecule has 118 valence electrons. The van der Waals surface area contributed by atoms with E-state index in [0.717, 1.165) is 12.1 Å². The maximum absolute atomic E-state index is 11.3. The van der Waals surface area contributed by atoms with Crippen LogP contribution in [0.15, 0.2) is 35.3 Å². The number of hydrogen-bond donors (Lipinski definition) is 3. The van der Waals surface area contributed by atoms with Gasteiger partial charge in [0.1, 0.15) is 0 Å². The van der Waals surface area contributed by atoms with Crippen molar-refractivity contribution in [1.82, 2.24) is 15.4 Å². The Bertz CT molecular complexity index is 529. The number of hydrogen-bond acceptors (Lipinski definition) is 3. The molecule has 21 heavy (non-hydrogen) atoms. The second-order valence-corrected chi connectivity index (χ2v) is 6.50. The van der Waals surface area contributed by atoms with Gasteiger partial charge in [-0.1, -0.05) is 30.3 Å². The van der Waals surface area contributed by atoms with Crippen LogP contribution < -0.4 is 15.4 Å². The summed E-state index contributed by atoms with van der Waals surface area (Å²) in [5.41, 5.74) is 1.13. The van der Waals surface area contributed by atoms with E-state index >= 15 is 0 Å². The van der Waals surface area contributed by atoms with Crippen molar-refractivity contribution in [2.75, 3.05) is 25.4 Å². The molecule has 0 aliphatic carbocycles. The summed E-state index contributed by atoms with van der Waals surface area (Å²) in [5, 5.41) is 6.23. The lowest BCUT2D eigenvalue weighted by molar-refractivity contribution is 0.582. The fourth-order valence-electron chi connectivity index (χ4n) is 1.59. The van der Waals surface area contributed by atoms with Crippen LogP contribution in [0, 0.1) is 0 Å². The number of rotatable bonds is 8. The Morgan fingerprint density at radius 3 is 2.43 bits per heavy atom. The summed E-state index contributed by atoms with van der Waals surface area (Å²) in [4.78, 5) is 4.46. The zero-order valence-corrected chi connectivity index (χ0v) is 13.4. The molecule has 0 saturated carbocycles. The van der Waals surface area contributed by atoms with Gasteiger partial charge in [0.15, 0.2) is 5.96 Å². The number of sulfonamides is 1. The molecular weight excluding hydrogens is 288 g/mol. The van der Waals surface area contributed by atoms with Crippen LogP contribution in [0.3, 0.4) is 0 Å². The number of guanidine groups is 1. The van der Waals surface area contributed by atoms with E-state index in [2.05, 4.69) is 20.3 Å². The molecular formula is C14H24N4O2S. The normalized spacial score (nSPS) is 12.2. The smallest absolute Gasteiger partial charge is 0.211 e. The molecule has 0 aliphatic heterocycles. The molecule has 1 rings (SSSR count). The van der Waals surface area contributed by atoms with E-state index in [-0.39, 0.29) is 5.75 Å². The Labute approximate surface area is 127 Å². The Morgan fingerprint density at radius 2 is 1.81 bits per heavy atom. The van der Waals surface area contributed by atoms with Crippen molar-refractivity contribution in [2.45, 2.75) is 20.4 Å². The molecule has 0 amide bonds. The maximum Gasteiger partial charge on any atom is 0.211 e. The van der Waals surface area contributed by atoms with E-state index in [1.165, 1.54) is 0 Å². The highest BCUT2D eigenvalue weighted by Gasteiger charge is 2.04. The van der Waals surface area contributed by atoms with Crippen molar-refractivity contribution < 1.29 is 8.42 Å². The molecule has 0 unspecified atom stereocenters. The summed E-state index contributed by atoms with van der Waals surface area (Å²) in [5.74, 6) is 0.770. The molecule has 7 heteroatoms. The zero-order chi connectivity index (χ0) is 15.6. The highest BCUT2D eigenvalue weighted by molar-refractivity contribution is 7.89. The van der Waals surface area contributed by atoms with Crippen LogP contribution in [-0.4, -0.2) is 39.8 Å². The van der Waals surface area contributed by atoms with Crippen molar-refractivity contribution in [3.63, 3.8) is 0 Å². The lowest BCUT2D eigenvalue weighted by Crippen LogP contribution is -2.41. The van der Waals surface area contributed by atoms with E-state index in [4.69, 9.17) is 0 Å². The van der Waals surface area contributed by atoms with Gasteiger partial charge in [-0.05, 0) is 19.4 Å². The lowest BCUT2D eigenvalue weighted by atomic mass is 10.2. The molecule has 0 bridgehead atoms. The van der Waals surface area contributed by atoms with Gasteiger partial charge >= 0.3 is 0 Å². The van der Waals surface area contributed by atoms with Gasteiger partial charge in [0.2, 0.25) is 10.0 Å². The van der Waals surface area contributed by atoms with Crippen LogP contribution in [0.4, 0.5) is 0 Å². The SMILES string of the molecule is CCNC(=NCc1ccccc1)NCCNS(=O)(=O)CC. The Hall–Kier alpha value is -1.60. The van der Waals surface area contributed by atoms with Crippen LogP contribution in [0.2, 0.25) is 0 Å². The summed E-state index contributed by atoms with van der Waals surface area (Å²) in [6.07, 6.45) is 0. The molecule has 0 heterocycles. The second-order valence-electron chi connectivity index (χ2n) is 4.41. The molecule has 1 aromatic rings. The molecule has 0 atom stereocenters. The molecule has 0 radical (unpaired) electrons. The molecule has 0 fully saturated rings. The zero-order valence-electron chi connectivity index (χ0n) is 12.6. The van der Waals surface area contributed by atoms with Gasteiger partial charge in [-0.2, -0.15) is 0 Å². The van der Waals surface area contributed by atoms with Gasteiger partial charge in [-0.3, -0.25) is 0 Å². The number of aliphatic imine (C=N–C) groups is 1. The Morgan fingerprint density at radius 1 is 1.10 bits per heavy atom. The van der Waals surface area contributed by atoms with Crippen molar-refractivity contribution in [2.24, 2.45) is 4.99 Å². The van der Waals surface area contributed by atoms with Crippen molar-refractivity contribution in [3.05, 3.63) is 35.9 Å². The summed E-state index contributed by atoms with van der Waals surface area (Å²) >= 11 is 0. The first kappa shape index (κ1) is 17.5. The van der Waals surface area contributed by atoms with E-state index in [0.29, 0.717) is 25.6 Å². The topological polar surface area (TPSA) is 82.6 Å². The van der Waals surface area contributed by atoms with E-state index in [1.54, 1.807) is 6.92 Å². The molecule has 6 nitrogen and oxygen atoms in total. The molecule has 1 aromatic carbocycles. The third kappa shape index (κ3) is 7.67. The number of nitrogens with one attached hydrogen (secondary N) is 3. The average molecular weight is 312 g/mol. The molecule has 0 aromatic heterocycles.